The number of aromatic nitrogens is 1. The van der Waals surface area contributed by atoms with Crippen molar-refractivity contribution in [2.75, 3.05) is 4.90 Å². The van der Waals surface area contributed by atoms with Crippen molar-refractivity contribution in [3.63, 3.8) is 0 Å². The molecule has 2 aromatic carbocycles. The van der Waals surface area contributed by atoms with Gasteiger partial charge in [-0.2, -0.15) is 0 Å². The van der Waals surface area contributed by atoms with Gasteiger partial charge in [0.2, 0.25) is 0 Å². The van der Waals surface area contributed by atoms with Gasteiger partial charge in [-0.15, -0.1) is 0 Å². The lowest BCUT2D eigenvalue weighted by atomic mass is 9.88. The molecule has 146 valence electrons. The number of nitrogens with zero attached hydrogens (tertiary/aromatic N) is 2. The lowest BCUT2D eigenvalue weighted by Gasteiger charge is -2.23. The maximum Gasteiger partial charge on any atom is 0.264 e. The fourth-order valence-corrected chi connectivity index (χ4v) is 3.76. The van der Waals surface area contributed by atoms with Crippen LogP contribution in [0.3, 0.4) is 0 Å². The minimum Gasteiger partial charge on any atom is -0.375 e. The molecule has 29 heavy (non-hydrogen) atoms. The minimum absolute atomic E-state index is 0.289. The zero-order valence-electron chi connectivity index (χ0n) is 15.8. The molecule has 4 rings (SSSR count). The highest BCUT2D eigenvalue weighted by Gasteiger charge is 2.51. The fraction of sp³-hybridized carbons (Fsp3) is 0.174. The van der Waals surface area contributed by atoms with E-state index in [0.29, 0.717) is 21.8 Å². The number of anilines is 1. The summed E-state index contributed by atoms with van der Waals surface area (Å²) in [4.78, 5) is 31.5. The summed E-state index contributed by atoms with van der Waals surface area (Å²) in [5.74, 6) is -0.898. The smallest absolute Gasteiger partial charge is 0.264 e. The SMILES string of the molecule is Cc1ccc(CN2C(=O)[C@](O)(CC(=O)c3cccnc3)c3cc(Cl)ccc32)cc1. The lowest BCUT2D eigenvalue weighted by Crippen LogP contribution is -2.41. The highest BCUT2D eigenvalue weighted by Crippen LogP contribution is 2.44. The predicted molar refractivity (Wildman–Crippen MR) is 111 cm³/mol. The molecule has 1 aromatic heterocycles. The number of carbonyl (C=O) groups excluding carboxylic acids is 2. The molecule has 0 saturated heterocycles. The van der Waals surface area contributed by atoms with Crippen molar-refractivity contribution in [2.24, 2.45) is 0 Å². The molecule has 1 N–H and O–H groups in total. The summed E-state index contributed by atoms with van der Waals surface area (Å²) < 4.78 is 0. The molecule has 1 aliphatic heterocycles. The summed E-state index contributed by atoms with van der Waals surface area (Å²) in [7, 11) is 0. The Labute approximate surface area is 173 Å². The number of aryl methyl sites for hydroxylation is 1. The first kappa shape index (κ1) is 19.3. The van der Waals surface area contributed by atoms with Crippen LogP contribution in [0, 0.1) is 6.92 Å². The van der Waals surface area contributed by atoms with Crippen molar-refractivity contribution < 1.29 is 14.7 Å². The summed E-state index contributed by atoms with van der Waals surface area (Å²) in [6.45, 7) is 2.28. The minimum atomic E-state index is -1.97. The summed E-state index contributed by atoms with van der Waals surface area (Å²) in [5, 5.41) is 11.8. The van der Waals surface area contributed by atoms with Gasteiger partial charge in [-0.3, -0.25) is 14.6 Å². The molecule has 0 aliphatic carbocycles. The first-order valence-corrected chi connectivity index (χ1v) is 9.59. The van der Waals surface area contributed by atoms with Crippen molar-refractivity contribution in [1.29, 1.82) is 0 Å². The molecule has 6 heteroatoms. The molecule has 5 nitrogen and oxygen atoms in total. The molecule has 2 heterocycles. The molecule has 1 aliphatic rings. The van der Waals surface area contributed by atoms with E-state index >= 15 is 0 Å². The van der Waals surface area contributed by atoms with Gasteiger partial charge in [0.05, 0.1) is 18.7 Å². The highest BCUT2D eigenvalue weighted by molar-refractivity contribution is 6.31. The van der Waals surface area contributed by atoms with Gasteiger partial charge in [-0.25, -0.2) is 0 Å². The summed E-state index contributed by atoms with van der Waals surface area (Å²) >= 11 is 6.14. The number of benzene rings is 2. The maximum atomic E-state index is 13.3. The van der Waals surface area contributed by atoms with E-state index in [-0.39, 0.29) is 18.7 Å². The quantitative estimate of drug-likeness (QED) is 0.649. The second-order valence-corrected chi connectivity index (χ2v) is 7.68. The second kappa shape index (κ2) is 7.43. The number of hydrogen-bond acceptors (Lipinski definition) is 4. The topological polar surface area (TPSA) is 70.5 Å². The van der Waals surface area contributed by atoms with Gasteiger partial charge < -0.3 is 10.0 Å². The number of pyridine rings is 1. The number of fused-ring (bicyclic) bond motifs is 1. The van der Waals surface area contributed by atoms with Crippen molar-refractivity contribution in [2.45, 2.75) is 25.5 Å². The average molecular weight is 407 g/mol. The summed E-state index contributed by atoms with van der Waals surface area (Å²) in [6.07, 6.45) is 2.61. The largest absolute Gasteiger partial charge is 0.375 e. The van der Waals surface area contributed by atoms with Crippen LogP contribution in [0.5, 0.6) is 0 Å². The van der Waals surface area contributed by atoms with E-state index in [2.05, 4.69) is 4.98 Å². The number of Topliss-reactive ketones (excluding diaryl/α,β-unsaturated/α-hetero) is 1. The molecule has 1 atom stereocenters. The van der Waals surface area contributed by atoms with Gasteiger partial charge in [0, 0.05) is 28.5 Å². The number of halogens is 1. The lowest BCUT2D eigenvalue weighted by molar-refractivity contribution is -0.136. The number of carbonyl (C=O) groups is 2. The predicted octanol–water partition coefficient (Wildman–Crippen LogP) is 4.05. The van der Waals surface area contributed by atoms with Crippen molar-refractivity contribution >= 4 is 29.0 Å². The summed E-state index contributed by atoms with van der Waals surface area (Å²) in [5.41, 5.74) is 1.31. The third-order valence-corrected chi connectivity index (χ3v) is 5.39. The van der Waals surface area contributed by atoms with Crippen LogP contribution in [0.15, 0.2) is 67.0 Å². The third-order valence-electron chi connectivity index (χ3n) is 5.16. The Hall–Kier alpha value is -3.02. The number of ketones is 1. The average Bonchev–Trinajstić information content (AvgIpc) is 2.92. The Balaban J connectivity index is 1.71. The van der Waals surface area contributed by atoms with E-state index in [9.17, 15) is 14.7 Å². The molecular formula is C23H19ClN2O3. The van der Waals surface area contributed by atoms with Crippen LogP contribution in [0.4, 0.5) is 5.69 Å². The Morgan fingerprint density at radius 2 is 1.93 bits per heavy atom. The molecule has 0 spiro atoms. The van der Waals surface area contributed by atoms with E-state index in [1.165, 1.54) is 11.1 Å². The maximum absolute atomic E-state index is 13.3. The van der Waals surface area contributed by atoms with Gasteiger partial charge in [0.25, 0.3) is 5.91 Å². The van der Waals surface area contributed by atoms with Crippen molar-refractivity contribution in [3.8, 4) is 0 Å². The Morgan fingerprint density at radius 1 is 1.17 bits per heavy atom. The number of rotatable bonds is 5. The Morgan fingerprint density at radius 3 is 2.62 bits per heavy atom. The molecule has 0 unspecified atom stereocenters. The van der Waals surface area contributed by atoms with Gasteiger partial charge >= 0.3 is 0 Å². The first-order chi connectivity index (χ1) is 13.9. The van der Waals surface area contributed by atoms with E-state index in [4.69, 9.17) is 11.6 Å². The van der Waals surface area contributed by atoms with Crippen LogP contribution >= 0.6 is 11.6 Å². The van der Waals surface area contributed by atoms with E-state index < -0.39 is 11.5 Å². The van der Waals surface area contributed by atoms with Gasteiger partial charge in [0.1, 0.15) is 0 Å². The van der Waals surface area contributed by atoms with Gasteiger partial charge in [-0.05, 0) is 42.8 Å². The van der Waals surface area contributed by atoms with Crippen LogP contribution in [-0.4, -0.2) is 21.8 Å². The monoisotopic (exact) mass is 406 g/mol. The normalized spacial score (nSPS) is 18.0. The zero-order valence-corrected chi connectivity index (χ0v) is 16.6. The van der Waals surface area contributed by atoms with Crippen LogP contribution in [-0.2, 0) is 16.9 Å². The van der Waals surface area contributed by atoms with Gasteiger partial charge in [0.15, 0.2) is 11.4 Å². The van der Waals surface area contributed by atoms with Crippen LogP contribution in [0.2, 0.25) is 5.02 Å². The molecule has 0 bridgehead atoms. The molecule has 1 amide bonds. The number of amides is 1. The van der Waals surface area contributed by atoms with Crippen LogP contribution < -0.4 is 4.90 Å². The Kier molecular flexibility index (Phi) is 4.94. The number of hydrogen-bond donors (Lipinski definition) is 1. The van der Waals surface area contributed by atoms with E-state index in [1.54, 1.807) is 36.5 Å². The zero-order chi connectivity index (χ0) is 20.6. The molecule has 0 fully saturated rings. The molecule has 0 saturated carbocycles. The molecular weight excluding hydrogens is 388 g/mol. The standard InChI is InChI=1S/C23H19ClN2O3/c1-15-4-6-16(7-5-15)14-26-20-9-8-18(24)11-19(20)23(29,22(26)28)12-21(27)17-3-2-10-25-13-17/h2-11,13,29H,12,14H2,1H3/t23-/m0/s1. The highest BCUT2D eigenvalue weighted by atomic mass is 35.5. The van der Waals surface area contributed by atoms with E-state index in [0.717, 1.165) is 11.1 Å². The molecule has 0 radical (unpaired) electrons. The van der Waals surface area contributed by atoms with E-state index in [1.807, 2.05) is 31.2 Å². The van der Waals surface area contributed by atoms with Gasteiger partial charge in [-0.1, -0.05) is 41.4 Å². The summed E-state index contributed by atoms with van der Waals surface area (Å²) in [6, 6.07) is 16.0. The van der Waals surface area contributed by atoms with Crippen molar-refractivity contribution in [3.05, 3.63) is 94.3 Å². The fourth-order valence-electron chi connectivity index (χ4n) is 3.59. The van der Waals surface area contributed by atoms with Crippen LogP contribution in [0.25, 0.3) is 0 Å². The molecule has 3 aromatic rings. The van der Waals surface area contributed by atoms with Crippen LogP contribution in [0.1, 0.15) is 33.5 Å². The van der Waals surface area contributed by atoms with Crippen molar-refractivity contribution in [1.82, 2.24) is 4.98 Å². The second-order valence-electron chi connectivity index (χ2n) is 7.24. The third kappa shape index (κ3) is 3.55. The Bertz CT molecular complexity index is 1080. The first-order valence-electron chi connectivity index (χ1n) is 9.21. The number of aliphatic hydroxyl groups is 1.